The highest BCUT2D eigenvalue weighted by molar-refractivity contribution is 14.1. The van der Waals surface area contributed by atoms with E-state index in [9.17, 15) is 44.7 Å². The molecule has 2 aliphatic carbocycles. The number of allylic oxidation sites excluding steroid dienone is 3. The minimum atomic E-state index is -2.08. The second-order valence-electron chi connectivity index (χ2n) is 20.8. The minimum Gasteiger partial charge on any atom is -0.492 e. The number of nitrogens with one attached hydrogen (secondary N) is 2. The van der Waals surface area contributed by atoms with Gasteiger partial charge in [0, 0.05) is 57.4 Å². The van der Waals surface area contributed by atoms with Crippen LogP contribution in [0.2, 0.25) is 0 Å². The number of ketones is 1. The smallest absolute Gasteiger partial charge is 0.411 e. The summed E-state index contributed by atoms with van der Waals surface area (Å²) >= 11 is 2.80. The average Bonchev–Trinajstić information content (AvgIpc) is 1.63. The van der Waals surface area contributed by atoms with Crippen LogP contribution in [-0.4, -0.2) is 229 Å². The number of methoxy groups -OCH3 is 5. The molecular formula is C57H76IN3O22S4. The van der Waals surface area contributed by atoms with Gasteiger partial charge in [-0.05, 0) is 91.0 Å². The zero-order valence-electron chi connectivity index (χ0n) is 50.0. The van der Waals surface area contributed by atoms with E-state index in [-0.39, 0.29) is 65.0 Å². The zero-order chi connectivity index (χ0) is 63.6. The second kappa shape index (κ2) is 32.2. The summed E-state index contributed by atoms with van der Waals surface area (Å²) in [5.41, 5.74) is 1.15. The van der Waals surface area contributed by atoms with E-state index in [4.69, 9.17) is 61.7 Å². The van der Waals surface area contributed by atoms with E-state index in [1.54, 1.807) is 38.7 Å². The Labute approximate surface area is 534 Å². The summed E-state index contributed by atoms with van der Waals surface area (Å²) in [6.07, 6.45) is -12.9. The number of rotatable bonds is 22. The third-order valence-corrected chi connectivity index (χ3v) is 21.8. The number of hydroxylamine groups is 1. The first-order valence-electron chi connectivity index (χ1n) is 27.7. The van der Waals surface area contributed by atoms with Crippen molar-refractivity contribution in [1.82, 2.24) is 15.7 Å². The van der Waals surface area contributed by atoms with Gasteiger partial charge in [0.1, 0.15) is 36.6 Å². The summed E-state index contributed by atoms with van der Waals surface area (Å²) in [7, 11) is 11.1. The number of aliphatic hydroxyl groups excluding tert-OH is 4. The van der Waals surface area contributed by atoms with Crippen LogP contribution in [0.5, 0.6) is 17.2 Å². The highest BCUT2D eigenvalue weighted by Gasteiger charge is 2.52. The van der Waals surface area contributed by atoms with Crippen LogP contribution in [0.3, 0.4) is 0 Å². The Kier molecular flexibility index (Phi) is 26.3. The standard InChI is InChI=1S/C57H76IN3O22S4/c1-13-61(30(6)62)32-25-76-37(23-36(32)71-7)81-50-45(66)42(27(3)78-55(50)80-35-18-16-14-15-17-20-57(70)24-34(64)43(59-56(69)75-11)40(35)31(57)19-21-85-87-84-12)60-83-38-22-33(63)52(29(5)77-38)86-53(68)39-26(2)41(58)48(51(74-10)47(39)72-8)82-54-46(67)49(73-9)44(65)28(4)79-54/h14-15,19,27-29,32-33,35-38,42,44-46,49-50,52,54-55,60,63,65-67,70H,13,21-25H2,1-12H3,(H,59,69)/b15-14-,31-19?/t27-,28+,29-,32+,33+,35+,36+,37+,38+,42-,44+,45+,46-,49-,50-,52-,54+,55+,57+/m1/s1. The molecule has 30 heteroatoms. The largest absolute Gasteiger partial charge is 0.492 e. The third kappa shape index (κ3) is 16.3. The molecule has 7 rings (SSSR count). The van der Waals surface area contributed by atoms with Crippen molar-refractivity contribution in [3.05, 3.63) is 49.8 Å². The minimum absolute atomic E-state index is 0.0116. The maximum absolute atomic E-state index is 14.5. The van der Waals surface area contributed by atoms with Crippen LogP contribution in [0, 0.1) is 34.2 Å². The molecule has 2 bridgehead atoms. The lowest BCUT2D eigenvalue weighted by molar-refractivity contribution is -0.337. The van der Waals surface area contributed by atoms with E-state index in [1.165, 1.54) is 78.9 Å². The van der Waals surface area contributed by atoms with Gasteiger partial charge in [0.25, 0.3) is 0 Å². The molecule has 0 radical (unpaired) electrons. The molecule has 1 aromatic carbocycles. The molecule has 6 aliphatic rings. The molecule has 4 heterocycles. The van der Waals surface area contributed by atoms with Gasteiger partial charge in [0.2, 0.25) is 23.1 Å². The molecule has 0 aromatic heterocycles. The lowest BCUT2D eigenvalue weighted by atomic mass is 9.75. The lowest BCUT2D eigenvalue weighted by Gasteiger charge is -2.47. The van der Waals surface area contributed by atoms with Gasteiger partial charge in [-0.25, -0.2) is 4.79 Å². The maximum Gasteiger partial charge on any atom is 0.411 e. The molecule has 7 N–H and O–H groups in total. The summed E-state index contributed by atoms with van der Waals surface area (Å²) < 4.78 is 72.7. The van der Waals surface area contributed by atoms with Crippen molar-refractivity contribution in [1.29, 1.82) is 0 Å². The highest BCUT2D eigenvalue weighted by atomic mass is 127. The van der Waals surface area contributed by atoms with E-state index >= 15 is 0 Å². The number of benzene rings is 1. The zero-order valence-corrected chi connectivity index (χ0v) is 55.4. The van der Waals surface area contributed by atoms with Crippen molar-refractivity contribution in [3.63, 3.8) is 0 Å². The molecule has 0 saturated carbocycles. The Hall–Kier alpha value is -3.43. The van der Waals surface area contributed by atoms with E-state index in [1.807, 2.05) is 35.8 Å². The van der Waals surface area contributed by atoms with E-state index < -0.39 is 139 Å². The number of thioether (sulfide) groups is 1. The van der Waals surface area contributed by atoms with Crippen LogP contribution in [-0.2, 0) is 57.1 Å². The molecule has 19 atom stereocenters. The average molecular weight is 1410 g/mol. The number of hydrogen-bond acceptors (Lipinski definition) is 27. The third-order valence-electron chi connectivity index (χ3n) is 15.4. The fourth-order valence-corrected chi connectivity index (χ4v) is 15.2. The molecular weight excluding hydrogens is 1330 g/mol. The van der Waals surface area contributed by atoms with Crippen LogP contribution >= 0.6 is 65.8 Å². The molecule has 4 aliphatic heterocycles. The van der Waals surface area contributed by atoms with Gasteiger partial charge in [0.15, 0.2) is 41.8 Å². The molecule has 87 heavy (non-hydrogen) atoms. The Morgan fingerprint density at radius 1 is 0.885 bits per heavy atom. The number of hydrogen-bond donors (Lipinski definition) is 7. The van der Waals surface area contributed by atoms with Crippen LogP contribution in [0.4, 0.5) is 4.79 Å². The fourth-order valence-electron chi connectivity index (χ4n) is 11.0. The first-order valence-corrected chi connectivity index (χ1v) is 33.8. The molecule has 2 amide bonds. The maximum atomic E-state index is 14.5. The quantitative estimate of drug-likeness (QED) is 0.0287. The van der Waals surface area contributed by atoms with Crippen molar-refractivity contribution in [2.75, 3.05) is 60.7 Å². The number of carbonyl (C=O) groups is 4. The van der Waals surface area contributed by atoms with Crippen LogP contribution < -0.4 is 25.0 Å². The van der Waals surface area contributed by atoms with Crippen molar-refractivity contribution >= 4 is 88.7 Å². The van der Waals surface area contributed by atoms with Crippen LogP contribution in [0.1, 0.15) is 69.8 Å². The Bertz CT molecular complexity index is 2860. The highest BCUT2D eigenvalue weighted by Crippen LogP contribution is 2.49. The van der Waals surface area contributed by atoms with Gasteiger partial charge < -0.3 is 87.3 Å². The van der Waals surface area contributed by atoms with E-state index in [2.05, 4.69) is 34.5 Å². The molecule has 0 unspecified atom stereocenters. The number of aliphatic hydroxyl groups is 5. The number of likely N-dealkylation sites (N-methyl/N-ethyl adjacent to an activating group) is 1. The number of Topliss-reactive ketones (excluding diaryl/α,β-unsaturated/α-hetero) is 1. The molecule has 4 fully saturated rings. The van der Waals surface area contributed by atoms with Gasteiger partial charge >= 0.3 is 6.09 Å². The second-order valence-corrected chi connectivity index (χ2v) is 27.4. The number of halogens is 1. The number of nitrogens with zero attached hydrogens (tertiary/aromatic N) is 1. The van der Waals surface area contributed by atoms with Gasteiger partial charge in [-0.2, -0.15) is 5.48 Å². The monoisotopic (exact) mass is 1410 g/mol. The van der Waals surface area contributed by atoms with Crippen molar-refractivity contribution in [3.8, 4) is 40.9 Å². The van der Waals surface area contributed by atoms with E-state index in [0.29, 0.717) is 21.4 Å². The summed E-state index contributed by atoms with van der Waals surface area (Å²) in [5, 5.41) is 59.4. The summed E-state index contributed by atoms with van der Waals surface area (Å²) in [5.74, 6) is 11.0. The Morgan fingerprint density at radius 3 is 2.24 bits per heavy atom. The van der Waals surface area contributed by atoms with Crippen molar-refractivity contribution < 1.29 is 106 Å². The number of alkyl carbamates (subject to hydrolysis) is 1. The van der Waals surface area contributed by atoms with Crippen molar-refractivity contribution in [2.24, 2.45) is 0 Å². The normalized spacial score (nSPS) is 35.0. The first-order chi connectivity index (χ1) is 41.5. The molecule has 482 valence electrons. The summed E-state index contributed by atoms with van der Waals surface area (Å²) in [6.45, 7) is 10.2. The van der Waals surface area contributed by atoms with Gasteiger partial charge in [-0.1, -0.05) is 63.1 Å². The number of amides is 2. The summed E-state index contributed by atoms with van der Waals surface area (Å²) in [6, 6.07) is -1.62. The van der Waals surface area contributed by atoms with Crippen LogP contribution in [0.15, 0.2) is 35.1 Å². The van der Waals surface area contributed by atoms with E-state index in [0.717, 1.165) is 18.9 Å². The fraction of sp³-hybridized carbons (Fsp3) is 0.649. The Balaban J connectivity index is 1.14. The summed E-state index contributed by atoms with van der Waals surface area (Å²) in [4.78, 5) is 62.0. The molecule has 4 saturated heterocycles. The van der Waals surface area contributed by atoms with Gasteiger partial charge in [-0.15, -0.1) is 0 Å². The lowest BCUT2D eigenvalue weighted by Crippen LogP contribution is -2.65. The van der Waals surface area contributed by atoms with Crippen LogP contribution in [0.25, 0.3) is 0 Å². The predicted octanol–water partition coefficient (Wildman–Crippen LogP) is 3.46. The molecule has 1 aromatic rings. The van der Waals surface area contributed by atoms with Crippen molar-refractivity contribution in [2.45, 2.75) is 176 Å². The SMILES string of the molecule is CCN(C(C)=O)[C@H]1CO[C@@H](O[C@H]2[C@H](O[C@H]3C#C/C=C\C#C[C@]4(O)CC(=O)C(NC(=O)OC)=C3C4=CCSSSC)O[C@H](C)[C@@H](NO[C@H]3C[C@H](O)[C@H](SC(=O)c4c(C)c(I)c(O[C@@H]5O[C@@H](C)[C@H](O)[C@@H](OC)[C@H]5O)c(OC)c4OC)[C@@H](C)O3)[C@@H]2O)C[C@@H]1OC. The Morgan fingerprint density at radius 2 is 1.60 bits per heavy atom. The number of carbonyl (C=O) groups excluding carboxylic acids is 4. The van der Waals surface area contributed by atoms with Gasteiger partial charge in [-0.3, -0.25) is 24.5 Å². The molecule has 25 nitrogen and oxygen atoms in total. The van der Waals surface area contributed by atoms with Gasteiger partial charge in [0.05, 0.1) is 97.0 Å². The topological polar surface area (TPSA) is 317 Å². The number of fused-ring (bicyclic) bond motifs is 2. The predicted molar refractivity (Wildman–Crippen MR) is 329 cm³/mol. The molecule has 0 spiro atoms. The first kappa shape index (κ1) is 71.0. The number of ether oxygens (including phenoxy) is 12.